The number of benzene rings is 1. The SMILES string of the molecule is CS(=O)(=O)CCNC(=O)c1ccc(-c2cc(C(F)(F)F)ccn2)cc1. The second-order valence-electron chi connectivity index (χ2n) is 5.39. The molecule has 1 heterocycles. The quantitative estimate of drug-likeness (QED) is 0.875. The molecule has 0 aliphatic carbocycles. The van der Waals surface area contributed by atoms with E-state index in [2.05, 4.69) is 10.3 Å². The lowest BCUT2D eigenvalue weighted by Gasteiger charge is -2.09. The lowest BCUT2D eigenvalue weighted by atomic mass is 10.1. The van der Waals surface area contributed by atoms with Gasteiger partial charge in [-0.05, 0) is 24.3 Å². The second kappa shape index (κ2) is 7.22. The summed E-state index contributed by atoms with van der Waals surface area (Å²) in [6.45, 7) is -0.0192. The molecule has 0 fully saturated rings. The fraction of sp³-hybridized carbons (Fsp3) is 0.250. The highest BCUT2D eigenvalue weighted by atomic mass is 32.2. The van der Waals surface area contributed by atoms with E-state index in [0.717, 1.165) is 24.6 Å². The summed E-state index contributed by atoms with van der Waals surface area (Å²) in [7, 11) is -3.18. The van der Waals surface area contributed by atoms with E-state index in [1.165, 1.54) is 24.3 Å². The molecule has 9 heteroatoms. The minimum atomic E-state index is -4.46. The van der Waals surface area contributed by atoms with Gasteiger partial charge in [0.2, 0.25) is 0 Å². The molecule has 0 aliphatic heterocycles. The molecule has 2 aromatic rings. The molecule has 0 saturated heterocycles. The van der Waals surface area contributed by atoms with Gasteiger partial charge in [-0.25, -0.2) is 8.42 Å². The van der Waals surface area contributed by atoms with E-state index in [4.69, 9.17) is 0 Å². The van der Waals surface area contributed by atoms with Crippen molar-refractivity contribution in [2.24, 2.45) is 0 Å². The van der Waals surface area contributed by atoms with Crippen LogP contribution < -0.4 is 5.32 Å². The van der Waals surface area contributed by atoms with Crippen LogP contribution in [0.1, 0.15) is 15.9 Å². The van der Waals surface area contributed by atoms with Crippen LogP contribution in [0.25, 0.3) is 11.3 Å². The third-order valence-electron chi connectivity index (χ3n) is 3.29. The number of carbonyl (C=O) groups excluding carboxylic acids is 1. The molecule has 1 aromatic heterocycles. The van der Waals surface area contributed by atoms with Gasteiger partial charge in [-0.3, -0.25) is 9.78 Å². The first-order valence-corrected chi connectivity index (χ1v) is 9.22. The van der Waals surface area contributed by atoms with Crippen molar-refractivity contribution < 1.29 is 26.4 Å². The number of amides is 1. The molecule has 0 radical (unpaired) electrons. The van der Waals surface area contributed by atoms with Crippen LogP contribution in [0.2, 0.25) is 0 Å². The van der Waals surface area contributed by atoms with Crippen LogP contribution in [0.3, 0.4) is 0 Å². The number of alkyl halides is 3. The summed E-state index contributed by atoms with van der Waals surface area (Å²) < 4.78 is 60.2. The molecule has 0 aliphatic rings. The average molecular weight is 372 g/mol. The van der Waals surface area contributed by atoms with Gasteiger partial charge in [0.1, 0.15) is 9.84 Å². The van der Waals surface area contributed by atoms with Crippen LogP contribution in [0, 0.1) is 0 Å². The normalized spacial score (nSPS) is 12.0. The zero-order chi connectivity index (χ0) is 18.7. The number of pyridine rings is 1. The van der Waals surface area contributed by atoms with E-state index in [-0.39, 0.29) is 23.6 Å². The molecule has 134 valence electrons. The highest BCUT2D eigenvalue weighted by Crippen LogP contribution is 2.31. The van der Waals surface area contributed by atoms with E-state index >= 15 is 0 Å². The maximum Gasteiger partial charge on any atom is 0.416 e. The monoisotopic (exact) mass is 372 g/mol. The smallest absolute Gasteiger partial charge is 0.351 e. The van der Waals surface area contributed by atoms with Crippen molar-refractivity contribution in [3.63, 3.8) is 0 Å². The summed E-state index contributed by atoms with van der Waals surface area (Å²) in [5.74, 6) is -0.641. The summed E-state index contributed by atoms with van der Waals surface area (Å²) in [5, 5.41) is 2.46. The predicted octanol–water partition coefficient (Wildman–Crippen LogP) is 2.54. The van der Waals surface area contributed by atoms with Crippen molar-refractivity contribution in [1.82, 2.24) is 10.3 Å². The number of nitrogens with one attached hydrogen (secondary N) is 1. The van der Waals surface area contributed by atoms with Crippen LogP contribution in [-0.2, 0) is 16.0 Å². The summed E-state index contributed by atoms with van der Waals surface area (Å²) in [5.41, 5.74) is 0.0296. The Morgan fingerprint density at radius 2 is 1.80 bits per heavy atom. The first kappa shape index (κ1) is 18.9. The topological polar surface area (TPSA) is 76.1 Å². The van der Waals surface area contributed by atoms with E-state index < -0.39 is 27.5 Å². The van der Waals surface area contributed by atoms with Gasteiger partial charge in [-0.2, -0.15) is 13.2 Å². The molecule has 5 nitrogen and oxygen atoms in total. The van der Waals surface area contributed by atoms with Crippen molar-refractivity contribution in [1.29, 1.82) is 0 Å². The molecule has 0 spiro atoms. The van der Waals surface area contributed by atoms with Gasteiger partial charge < -0.3 is 5.32 Å². The van der Waals surface area contributed by atoms with Crippen molar-refractivity contribution in [2.75, 3.05) is 18.6 Å². The van der Waals surface area contributed by atoms with E-state index in [1.807, 2.05) is 0 Å². The van der Waals surface area contributed by atoms with Gasteiger partial charge in [0.05, 0.1) is 17.0 Å². The number of carbonyl (C=O) groups is 1. The Bertz CT molecular complexity index is 863. The fourth-order valence-corrected chi connectivity index (χ4v) is 2.48. The third kappa shape index (κ3) is 5.56. The molecule has 0 atom stereocenters. The number of rotatable bonds is 5. The standard InChI is InChI=1S/C16H15F3N2O3S/c1-25(23,24)9-8-21-15(22)12-4-2-11(3-5-12)14-10-13(6-7-20-14)16(17,18)19/h2-7,10H,8-9H2,1H3,(H,21,22). The molecular weight excluding hydrogens is 357 g/mol. The molecule has 2 rings (SSSR count). The lowest BCUT2D eigenvalue weighted by molar-refractivity contribution is -0.137. The van der Waals surface area contributed by atoms with Crippen molar-refractivity contribution in [3.8, 4) is 11.3 Å². The Morgan fingerprint density at radius 3 is 2.36 bits per heavy atom. The summed E-state index contributed by atoms with van der Waals surface area (Å²) >= 11 is 0. The first-order chi connectivity index (χ1) is 11.6. The lowest BCUT2D eigenvalue weighted by Crippen LogP contribution is -2.28. The molecule has 0 unspecified atom stereocenters. The van der Waals surface area contributed by atoms with Crippen LogP contribution >= 0.6 is 0 Å². The van der Waals surface area contributed by atoms with Crippen molar-refractivity contribution in [2.45, 2.75) is 6.18 Å². The van der Waals surface area contributed by atoms with Crippen molar-refractivity contribution in [3.05, 3.63) is 53.7 Å². The van der Waals surface area contributed by atoms with Gasteiger partial charge in [0, 0.05) is 30.1 Å². The number of sulfone groups is 1. The van der Waals surface area contributed by atoms with Crippen LogP contribution in [0.4, 0.5) is 13.2 Å². The summed E-state index contributed by atoms with van der Waals surface area (Å²) in [6.07, 6.45) is -2.32. The molecular formula is C16H15F3N2O3S. The number of halogens is 3. The Balaban J connectivity index is 2.11. The molecule has 0 bridgehead atoms. The van der Waals surface area contributed by atoms with Crippen LogP contribution in [0.15, 0.2) is 42.6 Å². The minimum Gasteiger partial charge on any atom is -0.351 e. The zero-order valence-electron chi connectivity index (χ0n) is 13.2. The van der Waals surface area contributed by atoms with Gasteiger partial charge in [-0.1, -0.05) is 12.1 Å². The molecule has 1 aromatic carbocycles. The maximum atomic E-state index is 12.7. The second-order valence-corrected chi connectivity index (χ2v) is 7.65. The van der Waals surface area contributed by atoms with Crippen LogP contribution in [0.5, 0.6) is 0 Å². The number of nitrogens with zero attached hydrogens (tertiary/aromatic N) is 1. The van der Waals surface area contributed by atoms with E-state index in [0.29, 0.717) is 5.56 Å². The number of hydrogen-bond acceptors (Lipinski definition) is 4. The Labute approximate surface area is 142 Å². The average Bonchev–Trinajstić information content (AvgIpc) is 2.53. The van der Waals surface area contributed by atoms with E-state index in [9.17, 15) is 26.4 Å². The van der Waals surface area contributed by atoms with Gasteiger partial charge in [0.25, 0.3) is 5.91 Å². The summed E-state index contributed by atoms with van der Waals surface area (Å²) in [6, 6.07) is 7.65. The largest absolute Gasteiger partial charge is 0.416 e. The van der Waals surface area contributed by atoms with Crippen LogP contribution in [-0.4, -0.2) is 37.9 Å². The maximum absolute atomic E-state index is 12.7. The number of aromatic nitrogens is 1. The first-order valence-electron chi connectivity index (χ1n) is 7.16. The highest BCUT2D eigenvalue weighted by Gasteiger charge is 2.30. The minimum absolute atomic E-state index is 0.0192. The Morgan fingerprint density at radius 1 is 1.16 bits per heavy atom. The number of hydrogen-bond donors (Lipinski definition) is 1. The summed E-state index contributed by atoms with van der Waals surface area (Å²) in [4.78, 5) is 15.8. The van der Waals surface area contributed by atoms with Gasteiger partial charge in [-0.15, -0.1) is 0 Å². The molecule has 25 heavy (non-hydrogen) atoms. The molecule has 0 saturated carbocycles. The third-order valence-corrected chi connectivity index (χ3v) is 4.23. The zero-order valence-corrected chi connectivity index (χ0v) is 14.0. The molecule has 1 amide bonds. The van der Waals surface area contributed by atoms with Gasteiger partial charge >= 0.3 is 6.18 Å². The highest BCUT2D eigenvalue weighted by molar-refractivity contribution is 7.90. The van der Waals surface area contributed by atoms with E-state index in [1.54, 1.807) is 0 Å². The Hall–Kier alpha value is -2.42. The molecule has 1 N–H and O–H groups in total. The predicted molar refractivity (Wildman–Crippen MR) is 86.7 cm³/mol. The Kier molecular flexibility index (Phi) is 5.46. The fourth-order valence-electron chi connectivity index (χ4n) is 2.01. The van der Waals surface area contributed by atoms with Crippen molar-refractivity contribution >= 4 is 15.7 Å². The van der Waals surface area contributed by atoms with Gasteiger partial charge in [0.15, 0.2) is 0 Å².